The summed E-state index contributed by atoms with van der Waals surface area (Å²) in [4.78, 5) is 12.2. The third kappa shape index (κ3) is 4.41. The molecular weight excluding hydrogens is 446 g/mol. The molecule has 0 fully saturated rings. The summed E-state index contributed by atoms with van der Waals surface area (Å²) < 4.78 is 8.13. The molecule has 0 aliphatic rings. The molecule has 6 nitrogen and oxygen atoms in total. The van der Waals surface area contributed by atoms with Crippen molar-refractivity contribution < 1.29 is 14.6 Å². The number of halogens is 1. The highest BCUT2D eigenvalue weighted by atomic mass is 79.9. The van der Waals surface area contributed by atoms with Gasteiger partial charge in [0.2, 0.25) is 5.88 Å². The number of azo groups is 1. The Kier molecular flexibility index (Phi) is 6.04. The van der Waals surface area contributed by atoms with Crippen LogP contribution in [0.3, 0.4) is 0 Å². The van der Waals surface area contributed by atoms with Gasteiger partial charge in [0.15, 0.2) is 12.3 Å². The maximum absolute atomic E-state index is 12.2. The number of hydrogen-bond donors (Lipinski definition) is 1. The van der Waals surface area contributed by atoms with Crippen LogP contribution in [0.15, 0.2) is 45.0 Å². The Morgan fingerprint density at radius 1 is 1.17 bits per heavy atom. The molecule has 3 rings (SSSR count). The lowest BCUT2D eigenvalue weighted by Crippen LogP contribution is -2.12. The molecule has 0 aliphatic heterocycles. The van der Waals surface area contributed by atoms with Gasteiger partial charge in [0, 0.05) is 16.9 Å². The first-order chi connectivity index (χ1) is 14.0. The number of carbonyl (C=O) groups is 1. The number of benzene rings is 2. The number of aryl methyl sites for hydroxylation is 3. The molecule has 7 heteroatoms. The summed E-state index contributed by atoms with van der Waals surface area (Å²) in [5, 5.41) is 18.9. The van der Waals surface area contributed by atoms with Crippen LogP contribution in [-0.4, -0.2) is 22.2 Å². The molecular formula is C23H26BrN3O3. The Bertz CT molecular complexity index is 1160. The Balaban J connectivity index is 1.77. The fraction of sp³-hybridized carbons (Fsp3) is 0.348. The van der Waals surface area contributed by atoms with E-state index in [1.54, 1.807) is 11.6 Å². The first-order valence-corrected chi connectivity index (χ1v) is 10.4. The highest BCUT2D eigenvalue weighted by molar-refractivity contribution is 9.10. The number of amides is 1. The van der Waals surface area contributed by atoms with Gasteiger partial charge in [0.1, 0.15) is 5.75 Å². The molecule has 0 radical (unpaired) electrons. The highest BCUT2D eigenvalue weighted by Crippen LogP contribution is 2.40. The fourth-order valence-electron chi connectivity index (χ4n) is 3.40. The molecule has 0 spiro atoms. The Morgan fingerprint density at radius 2 is 1.87 bits per heavy atom. The number of fused-ring (bicyclic) bond motifs is 1. The third-order valence-electron chi connectivity index (χ3n) is 5.04. The van der Waals surface area contributed by atoms with E-state index >= 15 is 0 Å². The van der Waals surface area contributed by atoms with Crippen LogP contribution in [-0.2, 0) is 17.3 Å². The molecule has 158 valence electrons. The van der Waals surface area contributed by atoms with Crippen LogP contribution < -0.4 is 4.74 Å². The van der Waals surface area contributed by atoms with Crippen LogP contribution in [0.1, 0.15) is 37.5 Å². The summed E-state index contributed by atoms with van der Waals surface area (Å²) in [5.41, 5.74) is 4.27. The number of carbonyl (C=O) groups excluding carboxylic acids is 1. The van der Waals surface area contributed by atoms with Crippen LogP contribution in [0.25, 0.3) is 10.9 Å². The topological polar surface area (TPSA) is 76.2 Å². The number of hydrogen-bond acceptors (Lipinski definition) is 4. The quantitative estimate of drug-likeness (QED) is 0.456. The second-order valence-electron chi connectivity index (χ2n) is 8.46. The molecule has 0 bridgehead atoms. The molecule has 0 saturated heterocycles. The van der Waals surface area contributed by atoms with Crippen molar-refractivity contribution in [2.24, 2.45) is 17.3 Å². The van der Waals surface area contributed by atoms with Crippen LogP contribution in [0, 0.1) is 13.8 Å². The predicted octanol–water partition coefficient (Wildman–Crippen LogP) is 6.25. The van der Waals surface area contributed by atoms with Crippen molar-refractivity contribution in [3.8, 4) is 11.6 Å². The van der Waals surface area contributed by atoms with Gasteiger partial charge in [0.05, 0.1) is 5.52 Å². The van der Waals surface area contributed by atoms with Crippen LogP contribution >= 0.6 is 15.9 Å². The van der Waals surface area contributed by atoms with E-state index in [2.05, 4.69) is 53.0 Å². The molecule has 30 heavy (non-hydrogen) atoms. The number of aromatic hydroxyl groups is 1. The molecule has 1 aromatic heterocycles. The number of ether oxygens (including phenoxy) is 1. The van der Waals surface area contributed by atoms with E-state index in [9.17, 15) is 9.90 Å². The lowest BCUT2D eigenvalue weighted by atomic mass is 9.86. The predicted molar refractivity (Wildman–Crippen MR) is 122 cm³/mol. The summed E-state index contributed by atoms with van der Waals surface area (Å²) in [6, 6.07) is 9.74. The highest BCUT2D eigenvalue weighted by Gasteiger charge is 2.18. The van der Waals surface area contributed by atoms with E-state index in [1.807, 2.05) is 38.1 Å². The van der Waals surface area contributed by atoms with E-state index in [0.29, 0.717) is 11.1 Å². The first-order valence-electron chi connectivity index (χ1n) is 9.65. The van der Waals surface area contributed by atoms with E-state index in [0.717, 1.165) is 21.1 Å². The number of nitrogens with zero attached hydrogens (tertiary/aromatic N) is 3. The van der Waals surface area contributed by atoms with Crippen LogP contribution in [0.4, 0.5) is 5.69 Å². The molecule has 2 aromatic carbocycles. The monoisotopic (exact) mass is 471 g/mol. The van der Waals surface area contributed by atoms with Gasteiger partial charge in [-0.1, -0.05) is 48.8 Å². The average molecular weight is 472 g/mol. The van der Waals surface area contributed by atoms with E-state index in [1.165, 1.54) is 5.56 Å². The van der Waals surface area contributed by atoms with Gasteiger partial charge in [-0.3, -0.25) is 4.79 Å². The zero-order valence-corrected chi connectivity index (χ0v) is 19.7. The average Bonchev–Trinajstić information content (AvgIpc) is 2.88. The number of rotatable bonds is 4. The second kappa shape index (κ2) is 8.22. The maximum atomic E-state index is 12.2. The van der Waals surface area contributed by atoms with Crippen molar-refractivity contribution in [1.29, 1.82) is 0 Å². The summed E-state index contributed by atoms with van der Waals surface area (Å²) in [7, 11) is 1.74. The van der Waals surface area contributed by atoms with Crippen molar-refractivity contribution >= 4 is 38.4 Å². The Labute approximate surface area is 184 Å². The minimum Gasteiger partial charge on any atom is -0.493 e. The zero-order valence-electron chi connectivity index (χ0n) is 18.1. The molecule has 1 heterocycles. The van der Waals surface area contributed by atoms with Crippen LogP contribution in [0.2, 0.25) is 0 Å². The van der Waals surface area contributed by atoms with Gasteiger partial charge in [-0.2, -0.15) is 0 Å². The largest absolute Gasteiger partial charge is 0.493 e. The van der Waals surface area contributed by atoms with Gasteiger partial charge >= 0.3 is 5.91 Å². The summed E-state index contributed by atoms with van der Waals surface area (Å²) in [5.74, 6) is 0.0637. The summed E-state index contributed by atoms with van der Waals surface area (Å²) in [6.45, 7) is 10.1. The van der Waals surface area contributed by atoms with Gasteiger partial charge < -0.3 is 14.4 Å². The zero-order chi connectivity index (χ0) is 22.2. The third-order valence-corrected chi connectivity index (χ3v) is 5.50. The van der Waals surface area contributed by atoms with Gasteiger partial charge in [-0.25, -0.2) is 0 Å². The molecule has 1 amide bonds. The molecule has 1 N–H and O–H groups in total. The van der Waals surface area contributed by atoms with E-state index < -0.39 is 5.91 Å². The first kappa shape index (κ1) is 22.0. The minimum atomic E-state index is -0.530. The lowest BCUT2D eigenvalue weighted by molar-refractivity contribution is -0.120. The summed E-state index contributed by atoms with van der Waals surface area (Å²) in [6.07, 6.45) is 0. The Morgan fingerprint density at radius 3 is 2.50 bits per heavy atom. The number of aromatic nitrogens is 1. The molecule has 0 atom stereocenters. The second-order valence-corrected chi connectivity index (χ2v) is 9.38. The lowest BCUT2D eigenvalue weighted by Gasteiger charge is -2.20. The molecule has 0 aliphatic carbocycles. The van der Waals surface area contributed by atoms with Crippen LogP contribution in [0.5, 0.6) is 11.6 Å². The molecule has 0 saturated carbocycles. The van der Waals surface area contributed by atoms with E-state index in [4.69, 9.17) is 4.74 Å². The maximum Gasteiger partial charge on any atom is 0.302 e. The SMILES string of the molecule is Cc1cc(C(C)(C)C)ccc1OCC(=O)N=Nc1c(O)n(C)c2c(C)cc(Br)cc12. The van der Waals surface area contributed by atoms with E-state index in [-0.39, 0.29) is 23.6 Å². The van der Waals surface area contributed by atoms with Gasteiger partial charge in [-0.05, 0) is 54.2 Å². The van der Waals surface area contributed by atoms with Crippen molar-refractivity contribution in [2.45, 2.75) is 40.0 Å². The van der Waals surface area contributed by atoms with Crippen molar-refractivity contribution in [2.75, 3.05) is 6.61 Å². The Hall–Kier alpha value is -2.67. The smallest absolute Gasteiger partial charge is 0.302 e. The summed E-state index contributed by atoms with van der Waals surface area (Å²) >= 11 is 3.46. The van der Waals surface area contributed by atoms with Crippen molar-refractivity contribution in [1.82, 2.24) is 4.57 Å². The fourth-order valence-corrected chi connectivity index (χ4v) is 3.97. The van der Waals surface area contributed by atoms with Gasteiger partial charge in [0.25, 0.3) is 0 Å². The van der Waals surface area contributed by atoms with Gasteiger partial charge in [-0.15, -0.1) is 10.2 Å². The minimum absolute atomic E-state index is 0.0428. The standard InChI is InChI=1S/C23H26BrN3O3/c1-13-9-15(23(3,4)5)7-8-18(13)30-12-19(28)25-26-20-17-11-16(24)10-14(2)21(17)27(6)22(20)29/h7-11,29H,12H2,1-6H3. The van der Waals surface area contributed by atoms with Crippen molar-refractivity contribution in [3.63, 3.8) is 0 Å². The van der Waals surface area contributed by atoms with Crippen molar-refractivity contribution in [3.05, 3.63) is 51.5 Å². The normalized spacial score (nSPS) is 12.1. The molecule has 3 aromatic rings. The molecule has 0 unspecified atom stereocenters.